The fraction of sp³-hybridized carbons (Fsp3) is 0.600. The Kier molecular flexibility index (Phi) is 4.93. The van der Waals surface area contributed by atoms with E-state index in [9.17, 15) is 0 Å². The normalized spacial score (nSPS) is 28.0. The molecule has 6 heteroatoms. The second-order valence-corrected chi connectivity index (χ2v) is 7.89. The van der Waals surface area contributed by atoms with E-state index in [0.29, 0.717) is 5.92 Å². The van der Waals surface area contributed by atoms with Gasteiger partial charge in [-0.05, 0) is 68.8 Å². The zero-order valence-electron chi connectivity index (χ0n) is 15.1. The van der Waals surface area contributed by atoms with Crippen molar-refractivity contribution < 1.29 is 4.52 Å². The largest absolute Gasteiger partial charge is 0.372 e. The molecule has 140 valence electrons. The Bertz CT molecular complexity index is 729. The predicted molar refractivity (Wildman–Crippen MR) is 105 cm³/mol. The van der Waals surface area contributed by atoms with E-state index < -0.39 is 0 Å². The van der Waals surface area contributed by atoms with Gasteiger partial charge >= 0.3 is 0 Å². The van der Waals surface area contributed by atoms with Crippen LogP contribution in [0.2, 0.25) is 0 Å². The lowest BCUT2D eigenvalue weighted by Gasteiger charge is -2.28. The van der Waals surface area contributed by atoms with E-state index in [2.05, 4.69) is 39.6 Å². The third-order valence-corrected chi connectivity index (χ3v) is 6.49. The summed E-state index contributed by atoms with van der Waals surface area (Å²) >= 11 is 0. The van der Waals surface area contributed by atoms with Gasteiger partial charge in [0.05, 0.1) is 5.41 Å². The van der Waals surface area contributed by atoms with Crippen LogP contribution in [0.1, 0.15) is 44.4 Å². The third kappa shape index (κ3) is 2.91. The molecule has 0 bridgehead atoms. The van der Waals surface area contributed by atoms with Gasteiger partial charge in [-0.15, -0.1) is 12.4 Å². The minimum absolute atomic E-state index is 0. The highest BCUT2D eigenvalue weighted by Gasteiger charge is 2.51. The summed E-state index contributed by atoms with van der Waals surface area (Å²) in [4.78, 5) is 7.28. The van der Waals surface area contributed by atoms with Crippen molar-refractivity contribution >= 4 is 18.1 Å². The van der Waals surface area contributed by atoms with Crippen LogP contribution in [0.4, 0.5) is 5.69 Å². The molecular formula is C20H27ClN4O. The number of piperidine rings is 1. The summed E-state index contributed by atoms with van der Waals surface area (Å²) < 4.78 is 5.74. The Balaban J connectivity index is 0.00000168. The number of hydrogen-bond acceptors (Lipinski definition) is 5. The zero-order chi connectivity index (χ0) is 16.7. The molecule has 5 rings (SSSR count). The molecule has 0 unspecified atom stereocenters. The second-order valence-electron chi connectivity index (χ2n) is 7.89. The minimum Gasteiger partial charge on any atom is -0.372 e. The van der Waals surface area contributed by atoms with Crippen molar-refractivity contribution in [2.75, 3.05) is 31.1 Å². The summed E-state index contributed by atoms with van der Waals surface area (Å²) in [5.41, 5.74) is 2.44. The highest BCUT2D eigenvalue weighted by molar-refractivity contribution is 5.85. The molecule has 3 heterocycles. The van der Waals surface area contributed by atoms with Crippen LogP contribution in [-0.4, -0.2) is 36.3 Å². The topological polar surface area (TPSA) is 54.2 Å². The van der Waals surface area contributed by atoms with Gasteiger partial charge in [-0.3, -0.25) is 0 Å². The number of anilines is 1. The summed E-state index contributed by atoms with van der Waals surface area (Å²) in [6.45, 7) is 4.40. The summed E-state index contributed by atoms with van der Waals surface area (Å²) in [5.74, 6) is 2.23. The number of fused-ring (bicyclic) bond motifs is 1. The van der Waals surface area contributed by atoms with Gasteiger partial charge in [0.1, 0.15) is 0 Å². The molecule has 3 aliphatic rings. The van der Waals surface area contributed by atoms with Crippen LogP contribution >= 0.6 is 12.4 Å². The Morgan fingerprint density at radius 1 is 1.08 bits per heavy atom. The third-order valence-electron chi connectivity index (χ3n) is 6.49. The maximum Gasteiger partial charge on any atom is 0.234 e. The van der Waals surface area contributed by atoms with Gasteiger partial charge in [-0.1, -0.05) is 11.6 Å². The van der Waals surface area contributed by atoms with E-state index >= 15 is 0 Å². The van der Waals surface area contributed by atoms with Crippen LogP contribution in [0.3, 0.4) is 0 Å². The first-order chi connectivity index (χ1) is 12.4. The first kappa shape index (κ1) is 17.8. The number of aromatic nitrogens is 2. The van der Waals surface area contributed by atoms with Gasteiger partial charge < -0.3 is 14.7 Å². The Hall–Kier alpha value is -1.59. The molecule has 26 heavy (non-hydrogen) atoms. The summed E-state index contributed by atoms with van der Waals surface area (Å²) in [6.07, 6.45) is 7.67. The van der Waals surface area contributed by atoms with Crippen molar-refractivity contribution in [2.24, 2.45) is 5.92 Å². The van der Waals surface area contributed by atoms with Gasteiger partial charge in [-0.2, -0.15) is 4.98 Å². The fourth-order valence-corrected chi connectivity index (χ4v) is 5.02. The molecule has 0 spiro atoms. The van der Waals surface area contributed by atoms with Gasteiger partial charge in [0.25, 0.3) is 0 Å². The first-order valence-corrected chi connectivity index (χ1v) is 9.75. The molecular weight excluding hydrogens is 348 g/mol. The lowest BCUT2D eigenvalue weighted by molar-refractivity contribution is 0.265. The van der Waals surface area contributed by atoms with E-state index in [0.717, 1.165) is 30.4 Å². The molecule has 3 fully saturated rings. The van der Waals surface area contributed by atoms with Crippen LogP contribution in [0, 0.1) is 5.92 Å². The van der Waals surface area contributed by atoms with E-state index in [1.165, 1.54) is 57.3 Å². The van der Waals surface area contributed by atoms with Crippen LogP contribution in [0.5, 0.6) is 0 Å². The number of halogens is 1. The van der Waals surface area contributed by atoms with E-state index in [1.807, 2.05) is 0 Å². The highest BCUT2D eigenvalue weighted by Crippen LogP contribution is 2.47. The SMILES string of the molecule is Cl.c1cc(N2CCCCC2)ccc1-c1noc([C@@]23CCC[C@@H]2CNC3)n1. The van der Waals surface area contributed by atoms with Gasteiger partial charge in [-0.25, -0.2) is 0 Å². The predicted octanol–water partition coefficient (Wildman–Crippen LogP) is 3.79. The molecule has 1 aromatic heterocycles. The van der Waals surface area contributed by atoms with E-state index in [4.69, 9.17) is 9.51 Å². The van der Waals surface area contributed by atoms with Crippen LogP contribution in [0.15, 0.2) is 28.8 Å². The standard InChI is InChI=1S/C20H26N4O.ClH/c1-2-11-24(12-3-1)17-8-6-15(7-9-17)18-22-19(25-23-18)20-10-4-5-16(20)13-21-14-20;/h6-9,16,21H,1-5,10-14H2;1H/t16-,20-;/m1./s1. The Morgan fingerprint density at radius 2 is 1.88 bits per heavy atom. The van der Waals surface area contributed by atoms with Gasteiger partial charge in [0, 0.05) is 30.9 Å². The van der Waals surface area contributed by atoms with Crippen molar-refractivity contribution in [2.45, 2.75) is 43.9 Å². The lowest BCUT2D eigenvalue weighted by Crippen LogP contribution is -2.31. The monoisotopic (exact) mass is 374 g/mol. The molecule has 1 N–H and O–H groups in total. The average molecular weight is 375 g/mol. The van der Waals surface area contributed by atoms with Gasteiger partial charge in [0.15, 0.2) is 0 Å². The number of hydrogen-bond donors (Lipinski definition) is 1. The molecule has 2 aromatic rings. The quantitative estimate of drug-likeness (QED) is 0.885. The minimum atomic E-state index is 0. The molecule has 1 saturated carbocycles. The molecule has 2 atom stereocenters. The van der Waals surface area contributed by atoms with E-state index in [-0.39, 0.29) is 17.8 Å². The summed E-state index contributed by atoms with van der Waals surface area (Å²) in [6, 6.07) is 8.67. The molecule has 0 radical (unpaired) electrons. The smallest absolute Gasteiger partial charge is 0.234 e. The van der Waals surface area contributed by atoms with Crippen molar-refractivity contribution in [3.63, 3.8) is 0 Å². The van der Waals surface area contributed by atoms with Crippen LogP contribution in [-0.2, 0) is 5.41 Å². The average Bonchev–Trinajstić information content (AvgIpc) is 3.38. The van der Waals surface area contributed by atoms with Crippen molar-refractivity contribution in [1.29, 1.82) is 0 Å². The van der Waals surface area contributed by atoms with Gasteiger partial charge in [0.2, 0.25) is 11.7 Å². The molecule has 2 saturated heterocycles. The molecule has 0 amide bonds. The van der Waals surface area contributed by atoms with Crippen LogP contribution < -0.4 is 10.2 Å². The van der Waals surface area contributed by atoms with Crippen molar-refractivity contribution in [3.8, 4) is 11.4 Å². The molecule has 1 aliphatic carbocycles. The maximum atomic E-state index is 5.74. The highest BCUT2D eigenvalue weighted by atomic mass is 35.5. The summed E-state index contributed by atoms with van der Waals surface area (Å²) in [7, 11) is 0. The van der Waals surface area contributed by atoms with Crippen molar-refractivity contribution in [1.82, 2.24) is 15.5 Å². The molecule has 1 aromatic carbocycles. The molecule has 5 nitrogen and oxygen atoms in total. The number of nitrogens with one attached hydrogen (secondary N) is 1. The van der Waals surface area contributed by atoms with E-state index in [1.54, 1.807) is 0 Å². The fourth-order valence-electron chi connectivity index (χ4n) is 5.02. The first-order valence-electron chi connectivity index (χ1n) is 9.75. The van der Waals surface area contributed by atoms with Crippen LogP contribution in [0.25, 0.3) is 11.4 Å². The second kappa shape index (κ2) is 7.20. The zero-order valence-corrected chi connectivity index (χ0v) is 15.9. The Labute approximate surface area is 160 Å². The number of nitrogens with zero attached hydrogens (tertiary/aromatic N) is 3. The lowest BCUT2D eigenvalue weighted by atomic mass is 9.80. The van der Waals surface area contributed by atoms with Crippen molar-refractivity contribution in [3.05, 3.63) is 30.2 Å². The molecule has 2 aliphatic heterocycles. The maximum absolute atomic E-state index is 5.74. The number of benzene rings is 1. The number of rotatable bonds is 3. The Morgan fingerprint density at radius 3 is 2.69 bits per heavy atom. The summed E-state index contributed by atoms with van der Waals surface area (Å²) in [5, 5.41) is 7.82.